The number of anilines is 1. The summed E-state index contributed by atoms with van der Waals surface area (Å²) in [5.41, 5.74) is -0.150. The minimum absolute atomic E-state index is 0.212. The number of carbonyl (C=O) groups excluding carboxylic acids is 2. The third-order valence-electron chi connectivity index (χ3n) is 5.39. The number of carbonyl (C=O) groups is 2. The highest BCUT2D eigenvalue weighted by atomic mass is 32.2. The minimum Gasteiger partial charge on any atom is -0.458 e. The third kappa shape index (κ3) is 9.13. The Labute approximate surface area is 225 Å². The quantitative estimate of drug-likeness (QED) is 0.340. The van der Waals surface area contributed by atoms with E-state index in [2.05, 4.69) is 10.6 Å². The summed E-state index contributed by atoms with van der Waals surface area (Å²) in [6.07, 6.45) is -4.35. The molecule has 0 aliphatic rings. The van der Waals surface area contributed by atoms with E-state index >= 15 is 0 Å². The van der Waals surface area contributed by atoms with Crippen molar-refractivity contribution in [1.29, 1.82) is 0 Å². The number of urea groups is 1. The molecule has 0 aliphatic carbocycles. The van der Waals surface area contributed by atoms with Gasteiger partial charge >= 0.3 is 18.2 Å². The number of halogens is 3. The van der Waals surface area contributed by atoms with E-state index in [0.29, 0.717) is 11.3 Å². The van der Waals surface area contributed by atoms with Crippen LogP contribution in [0.15, 0.2) is 83.8 Å². The first-order valence-electron chi connectivity index (χ1n) is 12.0. The molecule has 0 saturated heterocycles. The van der Waals surface area contributed by atoms with Crippen molar-refractivity contribution in [3.05, 3.63) is 95.6 Å². The van der Waals surface area contributed by atoms with Gasteiger partial charge in [-0.2, -0.15) is 13.2 Å². The van der Waals surface area contributed by atoms with Gasteiger partial charge in [0.15, 0.2) is 9.84 Å². The minimum atomic E-state index is -4.56. The molecule has 0 unspecified atom stereocenters. The summed E-state index contributed by atoms with van der Waals surface area (Å²) >= 11 is 0. The predicted molar refractivity (Wildman–Crippen MR) is 141 cm³/mol. The zero-order valence-electron chi connectivity index (χ0n) is 21.6. The van der Waals surface area contributed by atoms with Gasteiger partial charge in [0.05, 0.1) is 16.2 Å². The molecule has 2 amide bonds. The monoisotopic (exact) mass is 562 g/mol. The number of hydrogen-bond donors (Lipinski definition) is 2. The molecule has 3 aromatic carbocycles. The summed E-state index contributed by atoms with van der Waals surface area (Å²) in [5.74, 6) is -1.03. The van der Waals surface area contributed by atoms with Gasteiger partial charge in [0.2, 0.25) is 0 Å². The highest BCUT2D eigenvalue weighted by molar-refractivity contribution is 7.90. The van der Waals surface area contributed by atoms with Gasteiger partial charge in [0.25, 0.3) is 0 Å². The normalized spacial score (nSPS) is 12.9. The predicted octanol–water partition coefficient (Wildman–Crippen LogP) is 5.75. The van der Waals surface area contributed by atoms with Crippen LogP contribution in [0.1, 0.15) is 37.5 Å². The van der Waals surface area contributed by atoms with E-state index in [1.54, 1.807) is 20.8 Å². The van der Waals surface area contributed by atoms with Crippen molar-refractivity contribution in [2.45, 2.75) is 55.7 Å². The van der Waals surface area contributed by atoms with Crippen LogP contribution >= 0.6 is 0 Å². The number of rotatable bonds is 8. The Hall–Kier alpha value is -3.86. The van der Waals surface area contributed by atoms with E-state index in [4.69, 9.17) is 4.74 Å². The average molecular weight is 563 g/mol. The van der Waals surface area contributed by atoms with E-state index in [9.17, 15) is 31.2 Å². The molecule has 0 aromatic heterocycles. The molecular weight excluding hydrogens is 533 g/mol. The molecule has 0 radical (unpaired) electrons. The smallest absolute Gasteiger partial charge is 0.416 e. The Bertz CT molecular complexity index is 1380. The van der Waals surface area contributed by atoms with E-state index < -0.39 is 51.0 Å². The number of benzene rings is 3. The molecule has 39 heavy (non-hydrogen) atoms. The molecule has 1 atom stereocenters. The first-order chi connectivity index (χ1) is 18.1. The van der Waals surface area contributed by atoms with Gasteiger partial charge in [-0.1, -0.05) is 42.5 Å². The molecule has 208 valence electrons. The van der Waals surface area contributed by atoms with Gasteiger partial charge in [0.1, 0.15) is 11.6 Å². The molecule has 2 N–H and O–H groups in total. The van der Waals surface area contributed by atoms with Crippen LogP contribution in [0.3, 0.4) is 0 Å². The molecule has 0 saturated carbocycles. The van der Waals surface area contributed by atoms with Gasteiger partial charge in [-0.05, 0) is 68.3 Å². The fourth-order valence-electron chi connectivity index (χ4n) is 3.58. The topological polar surface area (TPSA) is 102 Å². The number of ether oxygens (including phenoxy) is 1. The Morgan fingerprint density at radius 1 is 0.846 bits per heavy atom. The van der Waals surface area contributed by atoms with Crippen molar-refractivity contribution in [1.82, 2.24) is 5.32 Å². The van der Waals surface area contributed by atoms with Crippen molar-refractivity contribution >= 4 is 27.5 Å². The zero-order chi connectivity index (χ0) is 28.8. The van der Waals surface area contributed by atoms with Gasteiger partial charge in [-0.3, -0.25) is 0 Å². The summed E-state index contributed by atoms with van der Waals surface area (Å²) in [6, 6.07) is 16.7. The first-order valence-corrected chi connectivity index (χ1v) is 13.6. The van der Waals surface area contributed by atoms with Crippen LogP contribution in [-0.2, 0) is 37.7 Å². The zero-order valence-corrected chi connectivity index (χ0v) is 22.4. The number of esters is 1. The van der Waals surface area contributed by atoms with Crippen LogP contribution < -0.4 is 10.6 Å². The van der Waals surface area contributed by atoms with Crippen LogP contribution in [0.4, 0.5) is 23.7 Å². The molecule has 3 aromatic rings. The molecule has 0 fully saturated rings. The molecule has 7 nitrogen and oxygen atoms in total. The summed E-state index contributed by atoms with van der Waals surface area (Å²) in [7, 11) is -3.90. The molecular formula is C28H29F3N2O5S. The van der Waals surface area contributed by atoms with Gasteiger partial charge in [-0.25, -0.2) is 18.0 Å². The third-order valence-corrected chi connectivity index (χ3v) is 7.09. The van der Waals surface area contributed by atoms with Crippen molar-refractivity contribution in [2.24, 2.45) is 0 Å². The fraction of sp³-hybridized carbons (Fsp3) is 0.286. The molecule has 0 heterocycles. The number of amides is 2. The second-order valence-corrected chi connectivity index (χ2v) is 11.8. The van der Waals surface area contributed by atoms with Gasteiger partial charge in [-0.15, -0.1) is 0 Å². The van der Waals surface area contributed by atoms with Crippen LogP contribution in [-0.4, -0.2) is 32.1 Å². The standard InChI is InChI=1S/C28H29F3N2O5S/c1-27(2,3)38-25(34)24(17-19-7-5-4-6-8-19)33-26(35)32-22-13-9-20(10-14-22)18-39(36,37)23-15-11-21(12-16-23)28(29,30)31/h4-16,24H,17-18H2,1-3H3,(H2,32,33,35)/t24-/m0/s1. The number of hydrogen-bond acceptors (Lipinski definition) is 5. The van der Waals surface area contributed by atoms with Crippen LogP contribution in [0, 0.1) is 0 Å². The fourth-order valence-corrected chi connectivity index (χ4v) is 4.93. The summed E-state index contributed by atoms with van der Waals surface area (Å²) < 4.78 is 69.0. The highest BCUT2D eigenvalue weighted by Crippen LogP contribution is 2.30. The lowest BCUT2D eigenvalue weighted by Gasteiger charge is -2.24. The van der Waals surface area contributed by atoms with E-state index in [-0.39, 0.29) is 11.3 Å². The maximum Gasteiger partial charge on any atom is 0.416 e. The summed E-state index contributed by atoms with van der Waals surface area (Å²) in [6.45, 7) is 5.18. The van der Waals surface area contributed by atoms with Crippen molar-refractivity contribution < 1.29 is 35.9 Å². The Morgan fingerprint density at radius 3 is 1.97 bits per heavy atom. The van der Waals surface area contributed by atoms with Gasteiger partial charge < -0.3 is 15.4 Å². The van der Waals surface area contributed by atoms with Crippen LogP contribution in [0.25, 0.3) is 0 Å². The van der Waals surface area contributed by atoms with E-state index in [0.717, 1.165) is 29.8 Å². The second-order valence-electron chi connectivity index (χ2n) is 9.85. The second kappa shape index (κ2) is 11.9. The summed E-state index contributed by atoms with van der Waals surface area (Å²) in [4.78, 5) is 25.2. The van der Waals surface area contributed by atoms with Crippen molar-refractivity contribution in [2.75, 3.05) is 5.32 Å². The lowest BCUT2D eigenvalue weighted by atomic mass is 10.1. The number of sulfone groups is 1. The highest BCUT2D eigenvalue weighted by Gasteiger charge is 2.31. The molecule has 0 spiro atoms. The summed E-state index contributed by atoms with van der Waals surface area (Å²) in [5, 5.41) is 5.23. The first kappa shape index (κ1) is 29.7. The molecule has 3 rings (SSSR count). The number of alkyl halides is 3. The molecule has 0 aliphatic heterocycles. The van der Waals surface area contributed by atoms with Gasteiger partial charge in [0, 0.05) is 12.1 Å². The van der Waals surface area contributed by atoms with Crippen LogP contribution in [0.2, 0.25) is 0 Å². The Balaban J connectivity index is 1.65. The van der Waals surface area contributed by atoms with E-state index in [1.165, 1.54) is 24.3 Å². The SMILES string of the molecule is CC(C)(C)OC(=O)[C@H](Cc1ccccc1)NC(=O)Nc1ccc(CS(=O)(=O)c2ccc(C(F)(F)F)cc2)cc1. The molecule has 11 heteroatoms. The average Bonchev–Trinajstić information content (AvgIpc) is 2.84. The Morgan fingerprint density at radius 2 is 1.44 bits per heavy atom. The largest absolute Gasteiger partial charge is 0.458 e. The van der Waals surface area contributed by atoms with Crippen LogP contribution in [0.5, 0.6) is 0 Å². The maximum atomic E-state index is 12.8. The maximum absolute atomic E-state index is 12.8. The number of nitrogens with one attached hydrogen (secondary N) is 2. The van der Waals surface area contributed by atoms with Crippen molar-refractivity contribution in [3.63, 3.8) is 0 Å². The Kier molecular flexibility index (Phi) is 9.06. The molecule has 0 bridgehead atoms. The lowest BCUT2D eigenvalue weighted by Crippen LogP contribution is -2.47. The lowest BCUT2D eigenvalue weighted by molar-refractivity contribution is -0.157. The van der Waals surface area contributed by atoms with Crippen molar-refractivity contribution in [3.8, 4) is 0 Å². The van der Waals surface area contributed by atoms with E-state index in [1.807, 2.05) is 30.3 Å².